The van der Waals surface area contributed by atoms with Crippen molar-refractivity contribution in [1.82, 2.24) is 5.32 Å². The number of ether oxygens (including phenoxy) is 5. The number of phenolic OH excluding ortho intramolecular Hbond substituents is 2. The van der Waals surface area contributed by atoms with Gasteiger partial charge in [0, 0.05) is 50.5 Å². The number of phenols is 2. The van der Waals surface area contributed by atoms with Crippen LogP contribution in [0.1, 0.15) is 75.4 Å². The van der Waals surface area contributed by atoms with Crippen LogP contribution in [0.2, 0.25) is 0 Å². The highest BCUT2D eigenvalue weighted by atomic mass is 16.6. The molecule has 0 radical (unpaired) electrons. The van der Waals surface area contributed by atoms with Gasteiger partial charge in [-0.15, -0.1) is 0 Å². The molecule has 1 saturated heterocycles. The van der Waals surface area contributed by atoms with E-state index in [9.17, 15) is 49.6 Å². The number of Topliss-reactive ketones (excluding diaryl/α,β-unsaturated/α-hetero) is 3. The number of esters is 1. The highest BCUT2D eigenvalue weighted by molar-refractivity contribution is 6.31. The Morgan fingerprint density at radius 1 is 0.980 bits per heavy atom. The van der Waals surface area contributed by atoms with Crippen molar-refractivity contribution in [3.63, 3.8) is 0 Å². The lowest BCUT2D eigenvalue weighted by molar-refractivity contribution is -0.181. The normalized spacial score (nSPS) is 30.6. The molecular weight excluding hydrogens is 676 g/mol. The number of aromatic hydroxyl groups is 2. The number of nitrogens with zero attached hydrogens (tertiary/aromatic N) is 1. The van der Waals surface area contributed by atoms with Crippen molar-refractivity contribution >= 4 is 34.8 Å². The third-order valence-electron chi connectivity index (χ3n) is 10.1. The maximum atomic E-state index is 14.6. The molecule has 270 valence electrons. The summed E-state index contributed by atoms with van der Waals surface area (Å²) in [5, 5.41) is 62.5. The van der Waals surface area contributed by atoms with Crippen molar-refractivity contribution in [2.24, 2.45) is 5.16 Å². The SMILES string of the molecule is COC(=O)c1c(C)cc2c(c1O)[C@]1(O)C(=O)c3cc4c(c(O)c3C(=O)[C@]1(OC)[C@H](O)C2)C(=O)C=C(N[C@H]1O[C@@H](C)[C@H](OC)/C(=N\O)[C@H]1OC)C4=O. The van der Waals surface area contributed by atoms with E-state index >= 15 is 0 Å². The van der Waals surface area contributed by atoms with Crippen molar-refractivity contribution in [1.29, 1.82) is 0 Å². The fraction of sp³-hybridized carbons (Fsp3) is 0.412. The Balaban J connectivity index is 1.51. The summed E-state index contributed by atoms with van der Waals surface area (Å²) in [5.74, 6) is -7.74. The largest absolute Gasteiger partial charge is 0.507 e. The molecule has 0 bridgehead atoms. The molecule has 3 aliphatic carbocycles. The Morgan fingerprint density at radius 2 is 1.65 bits per heavy atom. The number of allylic oxidation sites excluding steroid dienone is 2. The van der Waals surface area contributed by atoms with Gasteiger partial charge in [-0.3, -0.25) is 19.2 Å². The molecule has 7 atom stereocenters. The Labute approximate surface area is 289 Å². The number of hydrogen-bond acceptors (Lipinski definition) is 17. The standard InChI is InChI=1S/C34H34N2O15/c1-11-7-13-8-18(38)34(50-6)30(43)21-15(29(42)33(34,45)22(13)26(41)19(11)32(44)49-5)9-14-20(25(21)40)17(37)10-16(24(14)39)35-31-28(48-4)23(36-46)27(47-3)12(2)51-31/h7,9-10,12,18,27-28,31,35,38,40-41,45-46H,8H2,1-6H3/b36-23+/t12-,18+,27-,28+,31-,33-,34+/m0/s1. The average molecular weight is 711 g/mol. The molecule has 6 N–H and O–H groups in total. The number of aryl methyl sites for hydroxylation is 1. The van der Waals surface area contributed by atoms with E-state index in [0.717, 1.165) is 26.4 Å². The first kappa shape index (κ1) is 35.8. The Bertz CT molecular complexity index is 2000. The third kappa shape index (κ3) is 4.56. The van der Waals surface area contributed by atoms with Gasteiger partial charge in [0.15, 0.2) is 23.2 Å². The van der Waals surface area contributed by atoms with Gasteiger partial charge in [0.1, 0.15) is 35.0 Å². The molecule has 0 spiro atoms. The molecule has 0 saturated carbocycles. The molecule has 1 heterocycles. The first-order chi connectivity index (χ1) is 24.1. The number of aliphatic hydroxyl groups excluding tert-OH is 1. The highest BCUT2D eigenvalue weighted by Gasteiger charge is 2.72. The van der Waals surface area contributed by atoms with Crippen LogP contribution < -0.4 is 5.32 Å². The lowest BCUT2D eigenvalue weighted by Gasteiger charge is -2.52. The van der Waals surface area contributed by atoms with Gasteiger partial charge in [0.05, 0.1) is 36.1 Å². The molecule has 1 fully saturated rings. The molecule has 0 aromatic heterocycles. The zero-order chi connectivity index (χ0) is 37.5. The van der Waals surface area contributed by atoms with Crippen molar-refractivity contribution in [3.05, 3.63) is 68.4 Å². The van der Waals surface area contributed by atoms with Crippen LogP contribution in [0.4, 0.5) is 0 Å². The molecule has 17 nitrogen and oxygen atoms in total. The van der Waals surface area contributed by atoms with E-state index in [1.807, 2.05) is 0 Å². The van der Waals surface area contributed by atoms with Crippen LogP contribution in [0.3, 0.4) is 0 Å². The number of aliphatic hydroxyl groups is 2. The number of fused-ring (bicyclic) bond motifs is 5. The molecule has 1 aliphatic heterocycles. The van der Waals surface area contributed by atoms with Crippen LogP contribution in [-0.2, 0) is 35.7 Å². The first-order valence-electron chi connectivity index (χ1n) is 15.5. The van der Waals surface area contributed by atoms with Gasteiger partial charge in [0.2, 0.25) is 17.3 Å². The molecule has 2 aromatic carbocycles. The second kappa shape index (κ2) is 12.3. The quantitative estimate of drug-likeness (QED) is 0.133. The number of oxime groups is 1. The lowest BCUT2D eigenvalue weighted by Crippen LogP contribution is -2.73. The molecule has 51 heavy (non-hydrogen) atoms. The minimum atomic E-state index is -3.24. The van der Waals surface area contributed by atoms with Gasteiger partial charge in [-0.2, -0.15) is 0 Å². The second-order valence-electron chi connectivity index (χ2n) is 12.5. The van der Waals surface area contributed by atoms with E-state index in [0.29, 0.717) is 0 Å². The summed E-state index contributed by atoms with van der Waals surface area (Å²) >= 11 is 0. The van der Waals surface area contributed by atoms with Gasteiger partial charge in [0.25, 0.3) is 0 Å². The number of carbonyl (C=O) groups is 5. The van der Waals surface area contributed by atoms with Crippen molar-refractivity contribution in [3.8, 4) is 11.5 Å². The molecular formula is C34H34N2O15. The van der Waals surface area contributed by atoms with E-state index in [1.54, 1.807) is 6.92 Å². The van der Waals surface area contributed by atoms with Crippen molar-refractivity contribution in [2.45, 2.75) is 62.1 Å². The maximum Gasteiger partial charge on any atom is 0.341 e. The summed E-state index contributed by atoms with van der Waals surface area (Å²) in [4.78, 5) is 69.3. The number of benzene rings is 2. The van der Waals surface area contributed by atoms with Crippen LogP contribution in [0.15, 0.2) is 29.1 Å². The zero-order valence-electron chi connectivity index (χ0n) is 28.1. The van der Waals surface area contributed by atoms with Crippen molar-refractivity contribution in [2.75, 3.05) is 28.4 Å². The van der Waals surface area contributed by atoms with E-state index in [4.69, 9.17) is 23.7 Å². The molecule has 0 amide bonds. The number of ketones is 4. The number of nitrogens with one attached hydrogen (secondary N) is 1. The van der Waals surface area contributed by atoms with Gasteiger partial charge in [-0.05, 0) is 31.0 Å². The fourth-order valence-corrected chi connectivity index (χ4v) is 7.82. The fourth-order valence-electron chi connectivity index (χ4n) is 7.82. The average Bonchev–Trinajstić information content (AvgIpc) is 3.08. The smallest absolute Gasteiger partial charge is 0.341 e. The molecule has 0 unspecified atom stereocenters. The number of rotatable bonds is 6. The number of carbonyl (C=O) groups excluding carboxylic acids is 5. The van der Waals surface area contributed by atoms with E-state index < -0.39 is 128 Å². The Kier molecular flexibility index (Phi) is 8.65. The predicted molar refractivity (Wildman–Crippen MR) is 169 cm³/mol. The minimum absolute atomic E-state index is 0.0105. The van der Waals surface area contributed by atoms with Gasteiger partial charge in [-0.25, -0.2) is 4.79 Å². The molecule has 2 aromatic rings. The number of hydrogen-bond donors (Lipinski definition) is 6. The Hall–Kier alpha value is -5.04. The van der Waals surface area contributed by atoms with Crippen LogP contribution in [0.5, 0.6) is 11.5 Å². The first-order valence-corrected chi connectivity index (χ1v) is 15.5. The summed E-state index contributed by atoms with van der Waals surface area (Å²) in [6, 6.07) is 2.16. The van der Waals surface area contributed by atoms with Crippen LogP contribution in [0.25, 0.3) is 0 Å². The Morgan fingerprint density at radius 3 is 2.24 bits per heavy atom. The van der Waals surface area contributed by atoms with Crippen LogP contribution >= 0.6 is 0 Å². The zero-order valence-corrected chi connectivity index (χ0v) is 28.1. The van der Waals surface area contributed by atoms with Crippen LogP contribution in [0, 0.1) is 6.92 Å². The lowest BCUT2D eigenvalue weighted by atomic mass is 9.56. The highest BCUT2D eigenvalue weighted by Crippen LogP contribution is 2.56. The monoisotopic (exact) mass is 710 g/mol. The van der Waals surface area contributed by atoms with Gasteiger partial charge < -0.3 is 54.6 Å². The topological polar surface area (TPSA) is 257 Å². The van der Waals surface area contributed by atoms with E-state index in [1.165, 1.54) is 27.2 Å². The summed E-state index contributed by atoms with van der Waals surface area (Å²) in [6.07, 6.45) is -5.51. The van der Waals surface area contributed by atoms with Crippen LogP contribution in [-0.4, -0.2) is 125 Å². The van der Waals surface area contributed by atoms with E-state index in [-0.39, 0.29) is 16.8 Å². The summed E-state index contributed by atoms with van der Waals surface area (Å²) in [5.41, 5.74) is -10.2. The molecule has 6 rings (SSSR count). The molecule has 17 heteroatoms. The van der Waals surface area contributed by atoms with Gasteiger partial charge in [-0.1, -0.05) is 11.2 Å². The summed E-state index contributed by atoms with van der Waals surface area (Å²) < 4.78 is 26.9. The maximum absolute atomic E-state index is 14.6. The van der Waals surface area contributed by atoms with Gasteiger partial charge >= 0.3 is 5.97 Å². The summed E-state index contributed by atoms with van der Waals surface area (Å²) in [6.45, 7) is 3.04. The predicted octanol–water partition coefficient (Wildman–Crippen LogP) is 0.219. The second-order valence-corrected chi connectivity index (χ2v) is 12.5. The molecule has 4 aliphatic rings. The summed E-state index contributed by atoms with van der Waals surface area (Å²) in [7, 11) is 4.59. The van der Waals surface area contributed by atoms with E-state index in [2.05, 4.69) is 10.5 Å². The number of methoxy groups -OCH3 is 4. The third-order valence-corrected chi connectivity index (χ3v) is 10.1. The van der Waals surface area contributed by atoms with Crippen molar-refractivity contribution < 1.29 is 73.3 Å². The minimum Gasteiger partial charge on any atom is -0.507 e.